The molecule has 0 radical (unpaired) electrons. The van der Waals surface area contributed by atoms with Gasteiger partial charge >= 0.3 is 0 Å². The van der Waals surface area contributed by atoms with Gasteiger partial charge in [-0.3, -0.25) is 9.59 Å². The quantitative estimate of drug-likeness (QED) is 0.660. The Kier molecular flexibility index (Phi) is 8.13. The maximum absolute atomic E-state index is 12.5. The molecule has 6 nitrogen and oxygen atoms in total. The molecule has 1 aliphatic heterocycles. The van der Waals surface area contributed by atoms with E-state index in [0.717, 1.165) is 48.5 Å². The van der Waals surface area contributed by atoms with Crippen molar-refractivity contribution >= 4 is 23.2 Å². The van der Waals surface area contributed by atoms with Crippen LogP contribution in [0.5, 0.6) is 11.5 Å². The van der Waals surface area contributed by atoms with Gasteiger partial charge < -0.3 is 19.7 Å². The molecule has 1 aromatic heterocycles. The second-order valence-electron chi connectivity index (χ2n) is 7.60. The first-order chi connectivity index (χ1) is 14.6. The van der Waals surface area contributed by atoms with Crippen molar-refractivity contribution in [1.29, 1.82) is 0 Å². The lowest BCUT2D eigenvalue weighted by atomic mass is 9.93. The molecule has 30 heavy (non-hydrogen) atoms. The second-order valence-corrected chi connectivity index (χ2v) is 8.63. The lowest BCUT2D eigenvalue weighted by Crippen LogP contribution is -2.41. The lowest BCUT2D eigenvalue weighted by Gasteiger charge is -2.32. The van der Waals surface area contributed by atoms with E-state index in [1.807, 2.05) is 40.6 Å². The number of ether oxygens (including phenoxy) is 2. The number of amides is 2. The molecule has 2 aromatic rings. The number of methoxy groups -OCH3 is 2. The predicted molar refractivity (Wildman–Crippen MR) is 118 cm³/mol. The van der Waals surface area contributed by atoms with Crippen molar-refractivity contribution in [2.24, 2.45) is 5.92 Å². The van der Waals surface area contributed by atoms with Crippen LogP contribution in [0.4, 0.5) is 0 Å². The molecule has 1 unspecified atom stereocenters. The fourth-order valence-electron chi connectivity index (χ4n) is 3.82. The van der Waals surface area contributed by atoms with Gasteiger partial charge in [0.2, 0.25) is 11.8 Å². The largest absolute Gasteiger partial charge is 0.497 e. The first-order valence-electron chi connectivity index (χ1n) is 10.4. The summed E-state index contributed by atoms with van der Waals surface area (Å²) < 4.78 is 10.6. The molecule has 0 bridgehead atoms. The van der Waals surface area contributed by atoms with Crippen molar-refractivity contribution in [3.05, 3.63) is 46.2 Å². The molecule has 0 spiro atoms. The number of hydrogen-bond acceptors (Lipinski definition) is 5. The molecule has 1 saturated heterocycles. The normalized spacial score (nSPS) is 16.2. The molecule has 2 amide bonds. The summed E-state index contributed by atoms with van der Waals surface area (Å²) in [6.45, 7) is 2.00. The summed E-state index contributed by atoms with van der Waals surface area (Å²) in [7, 11) is 3.22. The van der Waals surface area contributed by atoms with Crippen molar-refractivity contribution in [3.63, 3.8) is 0 Å². The highest BCUT2D eigenvalue weighted by molar-refractivity contribution is 7.10. The summed E-state index contributed by atoms with van der Waals surface area (Å²) >= 11 is 1.62. The molecule has 0 aliphatic carbocycles. The predicted octanol–water partition coefficient (Wildman–Crippen LogP) is 3.64. The summed E-state index contributed by atoms with van der Waals surface area (Å²) in [4.78, 5) is 28.0. The Morgan fingerprint density at radius 1 is 1.23 bits per heavy atom. The van der Waals surface area contributed by atoms with Gasteiger partial charge in [0.05, 0.1) is 20.6 Å². The maximum Gasteiger partial charge on any atom is 0.227 e. The van der Waals surface area contributed by atoms with Crippen molar-refractivity contribution in [3.8, 4) is 11.5 Å². The topological polar surface area (TPSA) is 67.9 Å². The standard InChI is InChI=1S/C23H30N2O4S/c1-28-19-9-8-18(21(13-19)29-2)15-24-22(26)10-7-17-5-3-11-25(16-17)23(27)14-20-6-4-12-30-20/h4,6,8-9,12-13,17H,3,5,7,10-11,14-16H2,1-2H3,(H,24,26). The third-order valence-corrected chi connectivity index (χ3v) is 6.40. The number of carbonyl (C=O) groups excluding carboxylic acids is 2. The monoisotopic (exact) mass is 430 g/mol. The van der Waals surface area contributed by atoms with Gasteiger partial charge in [0.1, 0.15) is 11.5 Å². The van der Waals surface area contributed by atoms with Crippen LogP contribution in [0.3, 0.4) is 0 Å². The van der Waals surface area contributed by atoms with Crippen LogP contribution < -0.4 is 14.8 Å². The fraction of sp³-hybridized carbons (Fsp3) is 0.478. The Bertz CT molecular complexity index is 838. The molecule has 1 aliphatic rings. The maximum atomic E-state index is 12.5. The van der Waals surface area contributed by atoms with E-state index in [1.54, 1.807) is 25.6 Å². The van der Waals surface area contributed by atoms with Gasteiger partial charge in [-0.2, -0.15) is 0 Å². The number of nitrogens with zero attached hydrogens (tertiary/aromatic N) is 1. The van der Waals surface area contributed by atoms with Crippen LogP contribution in [0.1, 0.15) is 36.1 Å². The van der Waals surface area contributed by atoms with E-state index in [1.165, 1.54) is 0 Å². The van der Waals surface area contributed by atoms with E-state index in [4.69, 9.17) is 9.47 Å². The highest BCUT2D eigenvalue weighted by Gasteiger charge is 2.24. The first-order valence-corrected chi connectivity index (χ1v) is 11.2. The third-order valence-electron chi connectivity index (χ3n) is 5.53. The summed E-state index contributed by atoms with van der Waals surface area (Å²) in [5.41, 5.74) is 0.912. The highest BCUT2D eigenvalue weighted by atomic mass is 32.1. The van der Waals surface area contributed by atoms with E-state index in [9.17, 15) is 9.59 Å². The molecule has 2 heterocycles. The van der Waals surface area contributed by atoms with Crippen molar-refractivity contribution < 1.29 is 19.1 Å². The Morgan fingerprint density at radius 2 is 2.10 bits per heavy atom. The lowest BCUT2D eigenvalue weighted by molar-refractivity contribution is -0.132. The second kappa shape index (κ2) is 11.0. The van der Waals surface area contributed by atoms with Gasteiger partial charge in [0.25, 0.3) is 0 Å². The van der Waals surface area contributed by atoms with Crippen LogP contribution in [0, 0.1) is 5.92 Å². The molecule has 162 valence electrons. The fourth-order valence-corrected chi connectivity index (χ4v) is 4.51. The van der Waals surface area contributed by atoms with Crippen molar-refractivity contribution in [2.45, 2.75) is 38.6 Å². The number of piperidine rings is 1. The zero-order valence-corrected chi connectivity index (χ0v) is 18.5. The molecule has 3 rings (SSSR count). The molecular weight excluding hydrogens is 400 g/mol. The number of carbonyl (C=O) groups is 2. The van der Waals surface area contributed by atoms with E-state index in [-0.39, 0.29) is 11.8 Å². The average molecular weight is 431 g/mol. The zero-order valence-electron chi connectivity index (χ0n) is 17.7. The summed E-state index contributed by atoms with van der Waals surface area (Å²) in [6, 6.07) is 9.55. The van der Waals surface area contributed by atoms with Crippen LogP contribution >= 0.6 is 11.3 Å². The number of hydrogen-bond donors (Lipinski definition) is 1. The van der Waals surface area contributed by atoms with Gasteiger partial charge in [0.15, 0.2) is 0 Å². The number of thiophene rings is 1. The Balaban J connectivity index is 1.42. The minimum atomic E-state index is 0.0231. The van der Waals surface area contributed by atoms with Crippen LogP contribution in [0.25, 0.3) is 0 Å². The third kappa shape index (κ3) is 6.23. The van der Waals surface area contributed by atoms with Crippen molar-refractivity contribution in [2.75, 3.05) is 27.3 Å². The number of benzene rings is 1. The van der Waals surface area contributed by atoms with E-state index in [2.05, 4.69) is 5.32 Å². The van der Waals surface area contributed by atoms with Gasteiger partial charge in [-0.25, -0.2) is 0 Å². The van der Waals surface area contributed by atoms with E-state index in [0.29, 0.717) is 31.1 Å². The van der Waals surface area contributed by atoms with Gasteiger partial charge in [-0.15, -0.1) is 11.3 Å². The molecule has 1 atom stereocenters. The first kappa shape index (κ1) is 22.2. The van der Waals surface area contributed by atoms with Gasteiger partial charge in [-0.1, -0.05) is 6.07 Å². The molecular formula is C23H30N2O4S. The van der Waals surface area contributed by atoms with E-state index >= 15 is 0 Å². The summed E-state index contributed by atoms with van der Waals surface area (Å²) in [5, 5.41) is 4.98. The zero-order chi connectivity index (χ0) is 21.3. The number of rotatable bonds is 9. The molecule has 1 aromatic carbocycles. The smallest absolute Gasteiger partial charge is 0.227 e. The number of likely N-dealkylation sites (tertiary alicyclic amines) is 1. The summed E-state index contributed by atoms with van der Waals surface area (Å²) in [5.74, 6) is 2.01. The van der Waals surface area contributed by atoms with Gasteiger partial charge in [-0.05, 0) is 48.8 Å². The molecule has 0 saturated carbocycles. The summed E-state index contributed by atoms with van der Waals surface area (Å²) in [6.07, 6.45) is 3.83. The van der Waals surface area contributed by atoms with Gasteiger partial charge in [0, 0.05) is 42.6 Å². The van der Waals surface area contributed by atoms with Crippen LogP contribution in [0.2, 0.25) is 0 Å². The van der Waals surface area contributed by atoms with E-state index < -0.39 is 0 Å². The molecule has 7 heteroatoms. The minimum Gasteiger partial charge on any atom is -0.497 e. The van der Waals surface area contributed by atoms with Crippen molar-refractivity contribution in [1.82, 2.24) is 10.2 Å². The Morgan fingerprint density at radius 3 is 2.83 bits per heavy atom. The highest BCUT2D eigenvalue weighted by Crippen LogP contribution is 2.25. The number of nitrogens with one attached hydrogen (secondary N) is 1. The molecule has 1 fully saturated rings. The minimum absolute atomic E-state index is 0.0231. The Hall–Kier alpha value is -2.54. The van der Waals surface area contributed by atoms with Crippen LogP contribution in [0.15, 0.2) is 35.7 Å². The Labute approximate surface area is 182 Å². The van der Waals surface area contributed by atoms with Crippen LogP contribution in [-0.4, -0.2) is 44.0 Å². The SMILES string of the molecule is COc1ccc(CNC(=O)CCC2CCCN(C(=O)Cc3cccs3)C2)c(OC)c1. The van der Waals surface area contributed by atoms with Crippen LogP contribution in [-0.2, 0) is 22.6 Å². The average Bonchev–Trinajstić information content (AvgIpc) is 3.29. The molecule has 1 N–H and O–H groups in total.